The topological polar surface area (TPSA) is 35.1 Å². The molecule has 90 valence electrons. The van der Waals surface area contributed by atoms with Crippen molar-refractivity contribution in [1.29, 1.82) is 0 Å². The highest BCUT2D eigenvalue weighted by molar-refractivity contribution is 5.44. The zero-order chi connectivity index (χ0) is 12.2. The molecule has 0 aliphatic heterocycles. The van der Waals surface area contributed by atoms with Gasteiger partial charge in [-0.25, -0.2) is 9.23 Å². The van der Waals surface area contributed by atoms with Crippen molar-refractivity contribution in [2.24, 2.45) is 0 Å². The maximum Gasteiger partial charge on any atom is 0.422 e. The molecule has 0 atom stereocenters. The fourth-order valence-electron chi connectivity index (χ4n) is 1.02. The molecule has 0 saturated heterocycles. The van der Waals surface area contributed by atoms with Gasteiger partial charge >= 0.3 is 6.18 Å². The van der Waals surface area contributed by atoms with Crippen molar-refractivity contribution in [2.45, 2.75) is 6.18 Å². The Balaban J connectivity index is 2.79. The van der Waals surface area contributed by atoms with Gasteiger partial charge in [0.2, 0.25) is 5.69 Å². The molecule has 1 rings (SSSR count). The lowest BCUT2D eigenvalue weighted by molar-refractivity contribution is -0.830. The van der Waals surface area contributed by atoms with Gasteiger partial charge in [-0.3, -0.25) is 0 Å². The molecule has 1 aromatic rings. The summed E-state index contributed by atoms with van der Waals surface area (Å²) in [5.41, 5.74) is 1.42. The van der Waals surface area contributed by atoms with Crippen molar-refractivity contribution in [3.05, 3.63) is 24.0 Å². The van der Waals surface area contributed by atoms with E-state index in [9.17, 15) is 17.6 Å². The van der Waals surface area contributed by atoms with Crippen LogP contribution in [0.4, 0.5) is 23.2 Å². The highest BCUT2D eigenvalue weighted by Gasteiger charge is 2.29. The lowest BCUT2D eigenvalue weighted by Gasteiger charge is -2.10. The van der Waals surface area contributed by atoms with Gasteiger partial charge in [-0.05, 0) is 6.07 Å². The van der Waals surface area contributed by atoms with Crippen LogP contribution in [0.2, 0.25) is 0 Å². The van der Waals surface area contributed by atoms with E-state index in [4.69, 9.17) is 0 Å². The van der Waals surface area contributed by atoms with Gasteiger partial charge in [-0.1, -0.05) is 0 Å². The Bertz CT molecular complexity index is 354. The number of benzene rings is 1. The van der Waals surface area contributed by atoms with Gasteiger partial charge in [0.1, 0.15) is 5.82 Å². The molecule has 3 nitrogen and oxygen atoms in total. The molecule has 0 unspecified atom stereocenters. The summed E-state index contributed by atoms with van der Waals surface area (Å²) in [7, 11) is 1.33. The fraction of sp³-hybridized carbons (Fsp3) is 0.333. The first-order valence-electron chi connectivity index (χ1n) is 4.27. The van der Waals surface area contributed by atoms with Gasteiger partial charge in [0, 0.05) is 12.1 Å². The maximum atomic E-state index is 12.8. The van der Waals surface area contributed by atoms with Crippen molar-refractivity contribution in [3.63, 3.8) is 0 Å². The summed E-state index contributed by atoms with van der Waals surface area (Å²) in [6, 6.07) is 3.24. The minimum atomic E-state index is -4.46. The van der Waals surface area contributed by atoms with E-state index < -0.39 is 18.6 Å². The van der Waals surface area contributed by atoms with E-state index in [2.05, 4.69) is 9.57 Å². The third kappa shape index (κ3) is 4.03. The van der Waals surface area contributed by atoms with Crippen molar-refractivity contribution >= 4 is 5.69 Å². The highest BCUT2D eigenvalue weighted by Crippen LogP contribution is 2.24. The van der Waals surface area contributed by atoms with Gasteiger partial charge in [-0.15, -0.1) is 0 Å². The molecule has 0 saturated carbocycles. The Morgan fingerprint density at radius 3 is 2.56 bits per heavy atom. The first-order valence-corrected chi connectivity index (χ1v) is 4.27. The van der Waals surface area contributed by atoms with Crippen LogP contribution in [0.15, 0.2) is 18.2 Å². The Labute approximate surface area is 88.9 Å². The van der Waals surface area contributed by atoms with Crippen LogP contribution in [0, 0.1) is 5.82 Å². The third-order valence-corrected chi connectivity index (χ3v) is 1.61. The van der Waals surface area contributed by atoms with Gasteiger partial charge in [-0.2, -0.15) is 18.7 Å². The van der Waals surface area contributed by atoms with Crippen molar-refractivity contribution < 1.29 is 32.6 Å². The zero-order valence-corrected chi connectivity index (χ0v) is 8.34. The van der Waals surface area contributed by atoms with Gasteiger partial charge in [0.05, 0.1) is 7.11 Å². The molecule has 0 radical (unpaired) electrons. The lowest BCUT2D eigenvalue weighted by Crippen LogP contribution is -2.76. The minimum absolute atomic E-state index is 0.209. The zero-order valence-electron chi connectivity index (χ0n) is 8.34. The number of hydrogen-bond acceptors (Lipinski definition) is 2. The number of rotatable bonds is 4. The molecule has 0 bridgehead atoms. The molecule has 0 aliphatic carbocycles. The first-order chi connectivity index (χ1) is 7.42. The number of nitrogens with two attached hydrogens (primary N) is 1. The number of quaternary nitrogens is 1. The Hall–Kier alpha value is -1.34. The number of hydrogen-bond donors (Lipinski definition) is 1. The summed E-state index contributed by atoms with van der Waals surface area (Å²) < 4.78 is 52.9. The molecule has 1 aromatic carbocycles. The predicted octanol–water partition coefficient (Wildman–Crippen LogP) is 1.52. The second kappa shape index (κ2) is 5.13. The van der Waals surface area contributed by atoms with Crippen LogP contribution in [0.25, 0.3) is 0 Å². The van der Waals surface area contributed by atoms with E-state index >= 15 is 0 Å². The van der Waals surface area contributed by atoms with Crippen molar-refractivity contribution in [3.8, 4) is 5.75 Å². The largest absolute Gasteiger partial charge is 0.478 e. The minimum Gasteiger partial charge on any atom is -0.478 e. The summed E-state index contributed by atoms with van der Waals surface area (Å²) in [4.78, 5) is 4.63. The second-order valence-electron chi connectivity index (χ2n) is 2.94. The van der Waals surface area contributed by atoms with Gasteiger partial charge < -0.3 is 4.74 Å². The summed E-state index contributed by atoms with van der Waals surface area (Å²) in [5.74, 6) is -0.885. The summed E-state index contributed by atoms with van der Waals surface area (Å²) in [6.45, 7) is -1.47. The molecular formula is C9H10F4NO2+. The van der Waals surface area contributed by atoms with Crippen molar-refractivity contribution in [2.75, 3.05) is 13.7 Å². The van der Waals surface area contributed by atoms with Crippen LogP contribution >= 0.6 is 0 Å². The summed E-state index contributed by atoms with van der Waals surface area (Å²) in [5, 5.41) is 0. The van der Waals surface area contributed by atoms with E-state index in [1.807, 2.05) is 0 Å². The van der Waals surface area contributed by atoms with E-state index in [-0.39, 0.29) is 11.4 Å². The number of alkyl halides is 3. The van der Waals surface area contributed by atoms with E-state index in [1.165, 1.54) is 18.7 Å². The summed E-state index contributed by atoms with van der Waals surface area (Å²) >= 11 is 0. The molecule has 0 amide bonds. The van der Waals surface area contributed by atoms with Crippen LogP contribution in [-0.2, 0) is 4.84 Å². The molecule has 0 heterocycles. The normalized spacial score (nSPS) is 11.6. The van der Waals surface area contributed by atoms with Gasteiger partial charge in [0.15, 0.2) is 12.4 Å². The molecule has 2 N–H and O–H groups in total. The van der Waals surface area contributed by atoms with Gasteiger partial charge in [0.25, 0.3) is 0 Å². The number of halogens is 4. The molecule has 0 spiro atoms. The Morgan fingerprint density at radius 1 is 1.31 bits per heavy atom. The molecule has 16 heavy (non-hydrogen) atoms. The molecule has 7 heteroatoms. The fourth-order valence-corrected chi connectivity index (χ4v) is 1.02. The van der Waals surface area contributed by atoms with Crippen molar-refractivity contribution in [1.82, 2.24) is 0 Å². The second-order valence-corrected chi connectivity index (χ2v) is 2.94. The Kier molecular flexibility index (Phi) is 4.08. The predicted molar refractivity (Wildman–Crippen MR) is 46.5 cm³/mol. The quantitative estimate of drug-likeness (QED) is 0.492. The van der Waals surface area contributed by atoms with Crippen LogP contribution in [0.1, 0.15) is 0 Å². The highest BCUT2D eigenvalue weighted by atomic mass is 19.4. The average molecular weight is 240 g/mol. The van der Waals surface area contributed by atoms with Crippen LogP contribution in [0.3, 0.4) is 0 Å². The molecule has 0 aromatic heterocycles. The monoisotopic (exact) mass is 240 g/mol. The van der Waals surface area contributed by atoms with E-state index in [0.717, 1.165) is 12.1 Å². The third-order valence-electron chi connectivity index (χ3n) is 1.61. The standard InChI is InChI=1S/C9H9F4NO2/c1-15-14-7-3-2-6(10)4-8(7)16-5-9(11,12)13/h2-4,14H,5H2,1H3/p+1. The maximum absolute atomic E-state index is 12.8. The molecule has 0 fully saturated rings. The molecule has 0 aliphatic rings. The van der Waals surface area contributed by atoms with E-state index in [0.29, 0.717) is 0 Å². The SMILES string of the molecule is CO[NH2+]c1ccc(F)cc1OCC(F)(F)F. The lowest BCUT2D eigenvalue weighted by atomic mass is 10.3. The summed E-state index contributed by atoms with van der Waals surface area (Å²) in [6.07, 6.45) is -4.46. The first kappa shape index (κ1) is 12.7. The van der Waals surface area contributed by atoms with Crippen LogP contribution in [0.5, 0.6) is 5.75 Å². The Morgan fingerprint density at radius 2 is 2.00 bits per heavy atom. The average Bonchev–Trinajstić information content (AvgIpc) is 2.17. The van der Waals surface area contributed by atoms with Crippen LogP contribution in [-0.4, -0.2) is 19.9 Å². The van der Waals surface area contributed by atoms with E-state index in [1.54, 1.807) is 0 Å². The smallest absolute Gasteiger partial charge is 0.422 e. The molecular weight excluding hydrogens is 230 g/mol. The number of ether oxygens (including phenoxy) is 1. The van der Waals surface area contributed by atoms with Crippen LogP contribution < -0.4 is 10.2 Å².